The molecule has 2 aromatic heterocycles. The van der Waals surface area contributed by atoms with E-state index in [-0.39, 0.29) is 0 Å². The Bertz CT molecular complexity index is 1260. The van der Waals surface area contributed by atoms with Gasteiger partial charge in [0, 0.05) is 40.8 Å². The van der Waals surface area contributed by atoms with Crippen LogP contribution in [-0.4, -0.2) is 46.1 Å². The van der Waals surface area contributed by atoms with Crippen LogP contribution in [0.25, 0.3) is 22.2 Å². The summed E-state index contributed by atoms with van der Waals surface area (Å²) in [6, 6.07) is 16.6. The van der Waals surface area contributed by atoms with Crippen LogP contribution >= 0.6 is 11.6 Å². The van der Waals surface area contributed by atoms with Crippen LogP contribution in [-0.2, 0) is 4.74 Å². The summed E-state index contributed by atoms with van der Waals surface area (Å²) in [6.07, 6.45) is 4.35. The van der Waals surface area contributed by atoms with Gasteiger partial charge in [0.2, 0.25) is 5.95 Å². The number of halogens is 1. The van der Waals surface area contributed by atoms with Crippen LogP contribution in [0.3, 0.4) is 0 Å². The third-order valence-electron chi connectivity index (χ3n) is 5.91. The maximum absolute atomic E-state index is 6.05. The molecule has 162 valence electrons. The van der Waals surface area contributed by atoms with Crippen molar-refractivity contribution in [1.29, 1.82) is 0 Å². The Morgan fingerprint density at radius 1 is 0.969 bits per heavy atom. The van der Waals surface area contributed by atoms with Gasteiger partial charge >= 0.3 is 0 Å². The van der Waals surface area contributed by atoms with Gasteiger partial charge in [0.25, 0.3) is 0 Å². The third-order valence-corrected chi connectivity index (χ3v) is 6.16. The van der Waals surface area contributed by atoms with Gasteiger partial charge in [0.05, 0.1) is 36.7 Å². The first kappa shape index (κ1) is 19.5. The zero-order chi connectivity index (χ0) is 21.5. The number of morpholine rings is 1. The highest BCUT2D eigenvalue weighted by Gasteiger charge is 2.26. The number of benzene rings is 2. The van der Waals surface area contributed by atoms with E-state index in [1.54, 1.807) is 0 Å². The summed E-state index contributed by atoms with van der Waals surface area (Å²) in [6.45, 7) is 2.91. The van der Waals surface area contributed by atoms with E-state index >= 15 is 0 Å². The van der Waals surface area contributed by atoms with E-state index in [0.717, 1.165) is 46.8 Å². The Balaban J connectivity index is 1.41. The number of aromatic nitrogens is 4. The molecule has 1 saturated carbocycles. The quantitative estimate of drug-likeness (QED) is 0.462. The van der Waals surface area contributed by atoms with E-state index in [9.17, 15) is 0 Å². The Morgan fingerprint density at radius 2 is 1.78 bits per heavy atom. The Labute approximate surface area is 191 Å². The third kappa shape index (κ3) is 3.89. The molecule has 6 rings (SSSR count). The van der Waals surface area contributed by atoms with Gasteiger partial charge in [0.15, 0.2) is 0 Å². The van der Waals surface area contributed by atoms with Crippen molar-refractivity contribution in [3.63, 3.8) is 0 Å². The highest BCUT2D eigenvalue weighted by molar-refractivity contribution is 6.30. The van der Waals surface area contributed by atoms with Crippen LogP contribution < -0.4 is 10.2 Å². The average Bonchev–Trinajstić information content (AvgIpc) is 3.59. The fourth-order valence-electron chi connectivity index (χ4n) is 4.04. The monoisotopic (exact) mass is 446 g/mol. The zero-order valence-electron chi connectivity index (χ0n) is 17.5. The second kappa shape index (κ2) is 8.07. The van der Waals surface area contributed by atoms with Crippen molar-refractivity contribution in [2.24, 2.45) is 0 Å². The molecule has 1 aliphatic heterocycles. The number of ether oxygens (including phenoxy) is 1. The van der Waals surface area contributed by atoms with E-state index in [0.29, 0.717) is 30.2 Å². The van der Waals surface area contributed by atoms with Gasteiger partial charge in [-0.15, -0.1) is 0 Å². The smallest absolute Gasteiger partial charge is 0.228 e. The predicted molar refractivity (Wildman–Crippen MR) is 127 cm³/mol. The Kier molecular flexibility index (Phi) is 4.92. The minimum Gasteiger partial charge on any atom is -0.378 e. The van der Waals surface area contributed by atoms with Crippen molar-refractivity contribution < 1.29 is 4.74 Å². The lowest BCUT2D eigenvalue weighted by Crippen LogP contribution is -2.37. The second-order valence-corrected chi connectivity index (χ2v) is 8.70. The molecule has 0 spiro atoms. The molecule has 7 nitrogen and oxygen atoms in total. The number of fused-ring (bicyclic) bond motifs is 1. The highest BCUT2D eigenvalue weighted by Crippen LogP contribution is 2.37. The molecule has 2 aliphatic rings. The number of anilines is 3. The van der Waals surface area contributed by atoms with Gasteiger partial charge in [-0.1, -0.05) is 23.7 Å². The van der Waals surface area contributed by atoms with E-state index < -0.39 is 0 Å². The lowest BCUT2D eigenvalue weighted by atomic mass is 10.1. The maximum atomic E-state index is 6.05. The van der Waals surface area contributed by atoms with E-state index in [1.165, 1.54) is 12.8 Å². The van der Waals surface area contributed by atoms with Crippen LogP contribution in [0.2, 0.25) is 5.02 Å². The largest absolute Gasteiger partial charge is 0.378 e. The first-order chi connectivity index (χ1) is 15.7. The van der Waals surface area contributed by atoms with E-state index in [2.05, 4.69) is 38.2 Å². The van der Waals surface area contributed by atoms with Gasteiger partial charge in [-0.2, -0.15) is 10.1 Å². The zero-order valence-corrected chi connectivity index (χ0v) is 18.3. The van der Waals surface area contributed by atoms with Crippen molar-refractivity contribution in [2.75, 3.05) is 36.5 Å². The molecule has 0 atom stereocenters. The first-order valence-electron chi connectivity index (χ1n) is 10.9. The molecule has 0 radical (unpaired) electrons. The van der Waals surface area contributed by atoms with Crippen LogP contribution in [0, 0.1) is 0 Å². The van der Waals surface area contributed by atoms with E-state index in [1.807, 2.05) is 36.5 Å². The van der Waals surface area contributed by atoms with Gasteiger partial charge in [-0.25, -0.2) is 4.98 Å². The fraction of sp³-hybridized carbons (Fsp3) is 0.292. The molecule has 0 bridgehead atoms. The van der Waals surface area contributed by atoms with Crippen molar-refractivity contribution in [1.82, 2.24) is 19.7 Å². The van der Waals surface area contributed by atoms with Crippen LogP contribution in [0.1, 0.15) is 18.9 Å². The van der Waals surface area contributed by atoms with Crippen LogP contribution in [0.5, 0.6) is 0 Å². The van der Waals surface area contributed by atoms with Crippen molar-refractivity contribution in [3.05, 3.63) is 59.8 Å². The molecule has 2 aromatic carbocycles. The summed E-state index contributed by atoms with van der Waals surface area (Å²) in [7, 11) is 0. The average molecular weight is 447 g/mol. The Morgan fingerprint density at radius 3 is 2.56 bits per heavy atom. The topological polar surface area (TPSA) is 68.1 Å². The lowest BCUT2D eigenvalue weighted by molar-refractivity contribution is 0.122. The molecule has 4 aromatic rings. The van der Waals surface area contributed by atoms with Gasteiger partial charge in [0.1, 0.15) is 5.82 Å². The molecule has 2 fully saturated rings. The summed E-state index contributed by atoms with van der Waals surface area (Å²) in [5.74, 6) is 1.45. The predicted octanol–water partition coefficient (Wildman–Crippen LogP) is 5.06. The minimum atomic E-state index is 0.527. The molecular weight excluding hydrogens is 424 g/mol. The lowest BCUT2D eigenvalue weighted by Gasteiger charge is -2.27. The summed E-state index contributed by atoms with van der Waals surface area (Å²) < 4.78 is 7.67. The molecule has 1 aliphatic carbocycles. The molecule has 1 N–H and O–H groups in total. The second-order valence-electron chi connectivity index (χ2n) is 8.26. The van der Waals surface area contributed by atoms with Gasteiger partial charge < -0.3 is 15.0 Å². The van der Waals surface area contributed by atoms with Crippen molar-refractivity contribution in [2.45, 2.75) is 18.9 Å². The molecule has 1 saturated heterocycles. The van der Waals surface area contributed by atoms with Gasteiger partial charge in [-0.3, -0.25) is 4.68 Å². The molecule has 0 amide bonds. The number of nitrogens with one attached hydrogen (secondary N) is 1. The molecular formula is C24H23ClN6O. The summed E-state index contributed by atoms with van der Waals surface area (Å²) in [5.41, 5.74) is 4.01. The fourth-order valence-corrected chi connectivity index (χ4v) is 4.17. The number of hydrogen-bond donors (Lipinski definition) is 1. The highest BCUT2D eigenvalue weighted by atomic mass is 35.5. The van der Waals surface area contributed by atoms with E-state index in [4.69, 9.17) is 26.3 Å². The Hall–Kier alpha value is -3.16. The molecule has 32 heavy (non-hydrogen) atoms. The number of rotatable bonds is 5. The maximum Gasteiger partial charge on any atom is 0.228 e. The first-order valence-corrected chi connectivity index (χ1v) is 11.3. The van der Waals surface area contributed by atoms with Gasteiger partial charge in [-0.05, 0) is 43.2 Å². The number of hydrogen-bond acceptors (Lipinski definition) is 6. The van der Waals surface area contributed by atoms with Crippen molar-refractivity contribution >= 4 is 40.0 Å². The standard InChI is InChI=1S/C24H23ClN6O/c25-18-3-5-19(6-4-18)27-23-14-21(28-24(29-23)30-9-11-32-12-10-30)16-1-2-17-15-26-31(20-7-8-20)22(17)13-16/h1-6,13-15,20H,7-12H2,(H,27,28,29). The molecule has 0 unspecified atom stereocenters. The molecule has 8 heteroatoms. The van der Waals surface area contributed by atoms with Crippen LogP contribution in [0.15, 0.2) is 54.7 Å². The summed E-state index contributed by atoms with van der Waals surface area (Å²) in [4.78, 5) is 11.9. The summed E-state index contributed by atoms with van der Waals surface area (Å²) in [5, 5.41) is 9.87. The number of nitrogens with zero attached hydrogens (tertiary/aromatic N) is 5. The SMILES string of the molecule is Clc1ccc(Nc2cc(-c3ccc4cnn(C5CC5)c4c3)nc(N3CCOCC3)n2)cc1. The minimum absolute atomic E-state index is 0.527. The van der Waals surface area contributed by atoms with Crippen molar-refractivity contribution in [3.8, 4) is 11.3 Å². The normalized spacial score (nSPS) is 16.5. The molecule has 3 heterocycles. The summed E-state index contributed by atoms with van der Waals surface area (Å²) >= 11 is 6.05. The van der Waals surface area contributed by atoms with Crippen LogP contribution in [0.4, 0.5) is 17.5 Å².